The number of benzene rings is 1. The van der Waals surface area contributed by atoms with Crippen LogP contribution in [-0.4, -0.2) is 49.8 Å². The predicted molar refractivity (Wildman–Crippen MR) is 153 cm³/mol. The van der Waals surface area contributed by atoms with Gasteiger partial charge in [0, 0.05) is 53.8 Å². The van der Waals surface area contributed by atoms with Crippen molar-refractivity contribution in [3.05, 3.63) is 42.6 Å². The Morgan fingerprint density at radius 2 is 1.82 bits per heavy atom. The number of aromatic nitrogens is 3. The van der Waals surface area contributed by atoms with Crippen molar-refractivity contribution in [3.63, 3.8) is 0 Å². The number of carbonyl (C=O) groups is 3. The van der Waals surface area contributed by atoms with Gasteiger partial charge in [0.2, 0.25) is 16.9 Å². The second-order valence-electron chi connectivity index (χ2n) is 11.1. The molecule has 3 aromatic rings. The van der Waals surface area contributed by atoms with Crippen molar-refractivity contribution < 1.29 is 19.5 Å². The highest BCUT2D eigenvalue weighted by Gasteiger charge is 2.40. The number of amides is 2. The number of carboxylic acid groups (broad SMARTS) is 1. The Kier molecular flexibility index (Phi) is 7.60. The number of carboxylic acids is 1. The van der Waals surface area contributed by atoms with Crippen LogP contribution < -0.4 is 9.80 Å². The Morgan fingerprint density at radius 3 is 2.48 bits per heavy atom. The molecule has 1 aromatic carbocycles. The van der Waals surface area contributed by atoms with Crippen LogP contribution in [0.3, 0.4) is 0 Å². The third-order valence-corrected chi connectivity index (χ3v) is 8.93. The van der Waals surface area contributed by atoms with Crippen molar-refractivity contribution >= 4 is 40.3 Å². The van der Waals surface area contributed by atoms with Gasteiger partial charge in [-0.05, 0) is 49.3 Å². The van der Waals surface area contributed by atoms with E-state index in [0.717, 1.165) is 61.6 Å². The zero-order valence-electron chi connectivity index (χ0n) is 22.4. The summed E-state index contributed by atoms with van der Waals surface area (Å²) in [6.07, 6.45) is 9.85. The number of pyridine rings is 1. The zero-order chi connectivity index (χ0) is 27.6. The largest absolute Gasteiger partial charge is 0.481 e. The summed E-state index contributed by atoms with van der Waals surface area (Å²) >= 11 is 1.19. The fraction of sp³-hybridized carbons (Fsp3) is 0.467. The van der Waals surface area contributed by atoms with Crippen LogP contribution in [0.25, 0.3) is 22.5 Å². The Bertz CT molecular complexity index is 1400. The first-order chi connectivity index (χ1) is 19.5. The maximum absolute atomic E-state index is 13.8. The van der Waals surface area contributed by atoms with E-state index in [4.69, 9.17) is 4.98 Å². The molecular formula is C30H33N5O4S. The fourth-order valence-electron chi connectivity index (χ4n) is 6.04. The Labute approximate surface area is 237 Å². The number of nitrogens with zero attached hydrogens (tertiary/aromatic N) is 5. The number of carbonyl (C=O) groups excluding carboxylic acids is 2. The van der Waals surface area contributed by atoms with Gasteiger partial charge in [-0.1, -0.05) is 49.9 Å². The third-order valence-electron chi connectivity index (χ3n) is 8.21. The van der Waals surface area contributed by atoms with E-state index in [1.807, 2.05) is 36.4 Å². The molecule has 0 spiro atoms. The van der Waals surface area contributed by atoms with Crippen molar-refractivity contribution in [2.45, 2.75) is 70.3 Å². The first-order valence-electron chi connectivity index (χ1n) is 14.2. The number of rotatable bonds is 10. The Morgan fingerprint density at radius 1 is 1.05 bits per heavy atom. The van der Waals surface area contributed by atoms with Gasteiger partial charge >= 0.3 is 5.97 Å². The van der Waals surface area contributed by atoms with E-state index in [1.54, 1.807) is 16.0 Å². The van der Waals surface area contributed by atoms with Gasteiger partial charge in [0.15, 0.2) is 5.82 Å². The smallest absolute Gasteiger partial charge is 0.304 e. The molecule has 10 heteroatoms. The van der Waals surface area contributed by atoms with Crippen LogP contribution in [0.1, 0.15) is 64.2 Å². The lowest BCUT2D eigenvalue weighted by Crippen LogP contribution is -2.39. The molecule has 1 N–H and O–H groups in total. The summed E-state index contributed by atoms with van der Waals surface area (Å²) in [6.45, 7) is 0.692. The quantitative estimate of drug-likeness (QED) is 0.346. The lowest BCUT2D eigenvalue weighted by atomic mass is 9.90. The maximum Gasteiger partial charge on any atom is 0.304 e. The van der Waals surface area contributed by atoms with Crippen LogP contribution in [0.2, 0.25) is 0 Å². The van der Waals surface area contributed by atoms with Gasteiger partial charge in [-0.15, -0.1) is 0 Å². The maximum atomic E-state index is 13.8. The molecule has 208 valence electrons. The lowest BCUT2D eigenvalue weighted by Gasteiger charge is -2.26. The van der Waals surface area contributed by atoms with Crippen molar-refractivity contribution in [1.29, 1.82) is 0 Å². The van der Waals surface area contributed by atoms with Crippen LogP contribution in [0.4, 0.5) is 10.9 Å². The molecule has 2 saturated carbocycles. The third kappa shape index (κ3) is 5.63. The number of anilines is 2. The Hall–Kier alpha value is -3.66. The summed E-state index contributed by atoms with van der Waals surface area (Å²) in [4.78, 5) is 50.5. The van der Waals surface area contributed by atoms with E-state index in [1.165, 1.54) is 11.5 Å². The summed E-state index contributed by atoms with van der Waals surface area (Å²) in [5.41, 5.74) is 2.62. The number of hydrogen-bond acceptors (Lipinski definition) is 7. The van der Waals surface area contributed by atoms with E-state index in [-0.39, 0.29) is 24.3 Å². The van der Waals surface area contributed by atoms with Crippen molar-refractivity contribution in [2.75, 3.05) is 16.3 Å². The summed E-state index contributed by atoms with van der Waals surface area (Å²) in [7, 11) is 0. The topological polar surface area (TPSA) is 117 Å². The van der Waals surface area contributed by atoms with E-state index < -0.39 is 11.9 Å². The van der Waals surface area contributed by atoms with E-state index in [2.05, 4.69) is 9.36 Å². The molecule has 6 rings (SSSR count). The minimum absolute atomic E-state index is 0.0495. The Balaban J connectivity index is 1.26. The summed E-state index contributed by atoms with van der Waals surface area (Å²) < 4.78 is 4.65. The molecule has 2 amide bonds. The SMILES string of the molecule is O=C(O)C[C@@H](CC1CCCC1)C(=O)N(c1nc(-c2ccccc2-c2ccc(N3CCCC3=O)nc2)ns1)C1CC1. The highest BCUT2D eigenvalue weighted by Crippen LogP contribution is 2.39. The van der Waals surface area contributed by atoms with Crippen molar-refractivity contribution in [3.8, 4) is 22.5 Å². The monoisotopic (exact) mass is 559 g/mol. The summed E-state index contributed by atoms with van der Waals surface area (Å²) in [6, 6.07) is 11.7. The van der Waals surface area contributed by atoms with Gasteiger partial charge in [-0.25, -0.2) is 4.98 Å². The summed E-state index contributed by atoms with van der Waals surface area (Å²) in [5, 5.41) is 10.1. The molecule has 0 bridgehead atoms. The van der Waals surface area contributed by atoms with Gasteiger partial charge in [0.25, 0.3) is 0 Å². The van der Waals surface area contributed by atoms with E-state index >= 15 is 0 Å². The van der Waals surface area contributed by atoms with Gasteiger partial charge < -0.3 is 5.11 Å². The predicted octanol–water partition coefficient (Wildman–Crippen LogP) is 5.56. The van der Waals surface area contributed by atoms with E-state index in [0.29, 0.717) is 42.1 Å². The first kappa shape index (κ1) is 26.6. The molecule has 3 heterocycles. The molecule has 3 fully saturated rings. The number of aliphatic carboxylic acids is 1. The van der Waals surface area contributed by atoms with Gasteiger partial charge in [-0.3, -0.25) is 24.2 Å². The molecule has 0 unspecified atom stereocenters. The molecular weight excluding hydrogens is 526 g/mol. The second kappa shape index (κ2) is 11.4. The van der Waals surface area contributed by atoms with Crippen LogP contribution in [-0.2, 0) is 14.4 Å². The molecule has 9 nitrogen and oxygen atoms in total. The minimum atomic E-state index is -0.937. The highest BCUT2D eigenvalue weighted by atomic mass is 32.1. The molecule has 3 aliphatic rings. The van der Waals surface area contributed by atoms with Crippen molar-refractivity contribution in [2.24, 2.45) is 11.8 Å². The molecule has 40 heavy (non-hydrogen) atoms. The molecule has 1 aliphatic heterocycles. The zero-order valence-corrected chi connectivity index (χ0v) is 23.2. The highest BCUT2D eigenvalue weighted by molar-refractivity contribution is 7.10. The minimum Gasteiger partial charge on any atom is -0.481 e. The standard InChI is InChI=1S/C30H33N5O4S/c36-26-10-5-15-34(26)25-14-11-20(18-31-25)23-8-3-4-9-24(23)28-32-30(40-33-28)35(22-12-13-22)29(39)21(17-27(37)38)16-19-6-1-2-7-19/h3-4,8-9,11,14,18-19,21-22H,1-2,5-7,10,12-13,15-17H2,(H,37,38)/t21-/m1/s1. The normalized spacial score (nSPS) is 18.3. The average molecular weight is 560 g/mol. The molecule has 2 aliphatic carbocycles. The van der Waals surface area contributed by atoms with Crippen LogP contribution in [0.5, 0.6) is 0 Å². The molecule has 1 atom stereocenters. The van der Waals surface area contributed by atoms with Crippen LogP contribution in [0, 0.1) is 11.8 Å². The van der Waals surface area contributed by atoms with Crippen molar-refractivity contribution in [1.82, 2.24) is 14.3 Å². The number of hydrogen-bond donors (Lipinski definition) is 1. The average Bonchev–Trinajstić information content (AvgIpc) is 3.30. The van der Waals surface area contributed by atoms with E-state index in [9.17, 15) is 19.5 Å². The van der Waals surface area contributed by atoms with Gasteiger partial charge in [0.1, 0.15) is 5.82 Å². The van der Waals surface area contributed by atoms with Crippen LogP contribution >= 0.6 is 11.5 Å². The molecule has 0 radical (unpaired) electrons. The molecule has 1 saturated heterocycles. The lowest BCUT2D eigenvalue weighted by molar-refractivity contribution is -0.141. The van der Waals surface area contributed by atoms with Gasteiger partial charge in [-0.2, -0.15) is 9.36 Å². The first-order valence-corrected chi connectivity index (χ1v) is 15.0. The fourth-order valence-corrected chi connectivity index (χ4v) is 6.80. The van der Waals surface area contributed by atoms with Crippen LogP contribution in [0.15, 0.2) is 42.6 Å². The summed E-state index contributed by atoms with van der Waals surface area (Å²) in [5.74, 6) is 0.0752. The van der Waals surface area contributed by atoms with Gasteiger partial charge in [0.05, 0.1) is 6.42 Å². The molecule has 2 aromatic heterocycles. The second-order valence-corrected chi connectivity index (χ2v) is 11.9.